The maximum atomic E-state index is 11.6. The molecule has 1 amide bonds. The van der Waals surface area contributed by atoms with Crippen LogP contribution in [0.25, 0.3) is 0 Å². The van der Waals surface area contributed by atoms with Crippen molar-refractivity contribution in [1.82, 2.24) is 10.2 Å². The minimum absolute atomic E-state index is 0.00133. The number of hydrogen-bond donors (Lipinski definition) is 1. The molecule has 0 saturated carbocycles. The average molecular weight is 244 g/mol. The molecule has 0 fully saturated rings. The van der Waals surface area contributed by atoms with Gasteiger partial charge in [0.05, 0.1) is 13.1 Å². The van der Waals surface area contributed by atoms with Crippen molar-refractivity contribution < 1.29 is 14.3 Å². The van der Waals surface area contributed by atoms with Crippen LogP contribution in [-0.2, 0) is 14.3 Å². The van der Waals surface area contributed by atoms with Crippen molar-refractivity contribution in [2.24, 2.45) is 0 Å². The lowest BCUT2D eigenvalue weighted by Crippen LogP contribution is -2.40. The predicted molar refractivity (Wildman–Crippen MR) is 66.6 cm³/mol. The second-order valence-electron chi connectivity index (χ2n) is 4.76. The molecule has 5 nitrogen and oxygen atoms in total. The highest BCUT2D eigenvalue weighted by Gasteiger charge is 2.16. The number of likely N-dealkylation sites (N-methyl/N-ethyl adjacent to an activating group) is 1. The molecule has 0 atom stereocenters. The summed E-state index contributed by atoms with van der Waals surface area (Å²) in [7, 11) is 0. The van der Waals surface area contributed by atoms with Crippen LogP contribution in [-0.4, -0.2) is 48.6 Å². The molecular weight excluding hydrogens is 220 g/mol. The van der Waals surface area contributed by atoms with Gasteiger partial charge in [0.15, 0.2) is 0 Å². The summed E-state index contributed by atoms with van der Waals surface area (Å²) in [6.07, 6.45) is 0. The standard InChI is InChI=1S/C12H24N2O3/c1-6-14(7-2)10(15)8-13-9-11(16)17-12(3,4)5/h13H,6-9H2,1-5H3. The molecule has 17 heavy (non-hydrogen) atoms. The van der Waals surface area contributed by atoms with Gasteiger partial charge in [-0.1, -0.05) is 0 Å². The van der Waals surface area contributed by atoms with E-state index >= 15 is 0 Å². The first-order valence-electron chi connectivity index (χ1n) is 6.00. The quantitative estimate of drug-likeness (QED) is 0.702. The third kappa shape index (κ3) is 7.74. The van der Waals surface area contributed by atoms with Crippen LogP contribution in [0.3, 0.4) is 0 Å². The maximum Gasteiger partial charge on any atom is 0.320 e. The van der Waals surface area contributed by atoms with E-state index in [0.29, 0.717) is 13.1 Å². The highest BCUT2D eigenvalue weighted by Crippen LogP contribution is 2.06. The lowest BCUT2D eigenvalue weighted by molar-refractivity contribution is -0.153. The van der Waals surface area contributed by atoms with E-state index in [-0.39, 0.29) is 25.0 Å². The molecule has 0 rings (SSSR count). The van der Waals surface area contributed by atoms with E-state index in [1.165, 1.54) is 0 Å². The lowest BCUT2D eigenvalue weighted by atomic mass is 10.2. The van der Waals surface area contributed by atoms with Crippen LogP contribution in [0, 0.1) is 0 Å². The van der Waals surface area contributed by atoms with Gasteiger partial charge in [0.1, 0.15) is 5.60 Å². The Morgan fingerprint density at radius 3 is 2.06 bits per heavy atom. The number of nitrogens with one attached hydrogen (secondary N) is 1. The van der Waals surface area contributed by atoms with Crippen LogP contribution in [0.4, 0.5) is 0 Å². The van der Waals surface area contributed by atoms with Gasteiger partial charge in [-0.15, -0.1) is 0 Å². The zero-order chi connectivity index (χ0) is 13.5. The third-order valence-electron chi connectivity index (χ3n) is 2.08. The number of ether oxygens (including phenoxy) is 1. The summed E-state index contributed by atoms with van der Waals surface area (Å²) < 4.78 is 5.11. The molecular formula is C12H24N2O3. The Labute approximate surface area is 103 Å². The summed E-state index contributed by atoms with van der Waals surface area (Å²) in [4.78, 5) is 24.6. The Balaban J connectivity index is 3.84. The minimum Gasteiger partial charge on any atom is -0.459 e. The zero-order valence-corrected chi connectivity index (χ0v) is 11.5. The van der Waals surface area contributed by atoms with Gasteiger partial charge in [0.25, 0.3) is 0 Å². The third-order valence-corrected chi connectivity index (χ3v) is 2.08. The minimum atomic E-state index is -0.484. The molecule has 0 radical (unpaired) electrons. The molecule has 0 heterocycles. The number of esters is 1. The van der Waals surface area contributed by atoms with Crippen molar-refractivity contribution >= 4 is 11.9 Å². The van der Waals surface area contributed by atoms with Gasteiger partial charge in [-0.05, 0) is 34.6 Å². The monoisotopic (exact) mass is 244 g/mol. The van der Waals surface area contributed by atoms with Crippen molar-refractivity contribution in [2.45, 2.75) is 40.2 Å². The normalized spacial score (nSPS) is 11.1. The molecule has 0 aromatic carbocycles. The van der Waals surface area contributed by atoms with Crippen LogP contribution in [0.2, 0.25) is 0 Å². The highest BCUT2D eigenvalue weighted by molar-refractivity contribution is 5.79. The first kappa shape index (κ1) is 15.9. The number of rotatable bonds is 6. The van der Waals surface area contributed by atoms with E-state index in [1.807, 2.05) is 34.6 Å². The van der Waals surface area contributed by atoms with E-state index in [9.17, 15) is 9.59 Å². The van der Waals surface area contributed by atoms with Crippen molar-refractivity contribution in [1.29, 1.82) is 0 Å². The van der Waals surface area contributed by atoms with Crippen molar-refractivity contribution in [3.8, 4) is 0 Å². The summed E-state index contributed by atoms with van der Waals surface area (Å²) in [5.74, 6) is -0.344. The molecule has 0 unspecified atom stereocenters. The van der Waals surface area contributed by atoms with Crippen LogP contribution in [0.5, 0.6) is 0 Å². The average Bonchev–Trinajstić information content (AvgIpc) is 2.16. The molecule has 0 saturated heterocycles. The van der Waals surface area contributed by atoms with Gasteiger partial charge < -0.3 is 9.64 Å². The van der Waals surface area contributed by atoms with Crippen LogP contribution >= 0.6 is 0 Å². The van der Waals surface area contributed by atoms with Gasteiger partial charge >= 0.3 is 5.97 Å². The molecule has 0 spiro atoms. The van der Waals surface area contributed by atoms with Gasteiger partial charge in [-0.3, -0.25) is 14.9 Å². The fraction of sp³-hybridized carbons (Fsp3) is 0.833. The maximum absolute atomic E-state index is 11.6. The summed E-state index contributed by atoms with van der Waals surface area (Å²) in [6, 6.07) is 0. The zero-order valence-electron chi connectivity index (χ0n) is 11.5. The summed E-state index contributed by atoms with van der Waals surface area (Å²) >= 11 is 0. The Morgan fingerprint density at radius 1 is 1.12 bits per heavy atom. The predicted octanol–water partition coefficient (Wildman–Crippen LogP) is 0.786. The smallest absolute Gasteiger partial charge is 0.320 e. The number of carbonyl (C=O) groups is 2. The largest absolute Gasteiger partial charge is 0.459 e. The SMILES string of the molecule is CCN(CC)C(=O)CNCC(=O)OC(C)(C)C. The summed E-state index contributed by atoms with van der Waals surface area (Å²) in [5, 5.41) is 2.79. The summed E-state index contributed by atoms with van der Waals surface area (Å²) in [6.45, 7) is 10.9. The van der Waals surface area contributed by atoms with Crippen LogP contribution in [0.1, 0.15) is 34.6 Å². The molecule has 1 N–H and O–H groups in total. The van der Waals surface area contributed by atoms with E-state index in [1.54, 1.807) is 4.90 Å². The van der Waals surface area contributed by atoms with Crippen LogP contribution < -0.4 is 5.32 Å². The van der Waals surface area contributed by atoms with Crippen molar-refractivity contribution in [3.63, 3.8) is 0 Å². The Morgan fingerprint density at radius 2 is 1.65 bits per heavy atom. The Hall–Kier alpha value is -1.10. The fourth-order valence-corrected chi connectivity index (χ4v) is 1.34. The molecule has 0 aliphatic rings. The first-order valence-corrected chi connectivity index (χ1v) is 6.00. The molecule has 100 valence electrons. The topological polar surface area (TPSA) is 58.6 Å². The van der Waals surface area contributed by atoms with Gasteiger partial charge in [0.2, 0.25) is 5.91 Å². The van der Waals surface area contributed by atoms with Gasteiger partial charge in [-0.2, -0.15) is 0 Å². The van der Waals surface area contributed by atoms with Gasteiger partial charge in [-0.25, -0.2) is 0 Å². The number of nitrogens with zero attached hydrogens (tertiary/aromatic N) is 1. The number of hydrogen-bond acceptors (Lipinski definition) is 4. The second kappa shape index (κ2) is 7.27. The Kier molecular flexibility index (Phi) is 6.80. The molecule has 0 aliphatic heterocycles. The van der Waals surface area contributed by atoms with Crippen molar-refractivity contribution in [3.05, 3.63) is 0 Å². The van der Waals surface area contributed by atoms with Crippen LogP contribution in [0.15, 0.2) is 0 Å². The van der Waals surface area contributed by atoms with E-state index in [0.717, 1.165) is 0 Å². The second-order valence-corrected chi connectivity index (χ2v) is 4.76. The molecule has 5 heteroatoms. The molecule has 0 aliphatic carbocycles. The number of carbonyl (C=O) groups excluding carboxylic acids is 2. The molecule has 0 aromatic heterocycles. The summed E-state index contributed by atoms with van der Waals surface area (Å²) in [5.41, 5.74) is -0.484. The fourth-order valence-electron chi connectivity index (χ4n) is 1.34. The highest BCUT2D eigenvalue weighted by atomic mass is 16.6. The molecule has 0 bridgehead atoms. The first-order chi connectivity index (χ1) is 7.80. The van der Waals surface area contributed by atoms with Gasteiger partial charge in [0, 0.05) is 13.1 Å². The Bertz CT molecular complexity index is 255. The molecule has 0 aromatic rings. The van der Waals surface area contributed by atoms with Crippen molar-refractivity contribution in [2.75, 3.05) is 26.2 Å². The lowest BCUT2D eigenvalue weighted by Gasteiger charge is -2.21. The van der Waals surface area contributed by atoms with E-state index in [4.69, 9.17) is 4.74 Å². The number of amides is 1. The van der Waals surface area contributed by atoms with E-state index in [2.05, 4.69) is 5.32 Å². The van der Waals surface area contributed by atoms with E-state index < -0.39 is 5.60 Å².